The molecule has 0 amide bonds. The SMILES string of the molecule is Cc1ccc(-c2csc3ncnc(N)c23)cc1. The summed E-state index contributed by atoms with van der Waals surface area (Å²) in [6.07, 6.45) is 1.51. The van der Waals surface area contributed by atoms with Crippen molar-refractivity contribution in [2.45, 2.75) is 6.92 Å². The number of rotatable bonds is 1. The lowest BCUT2D eigenvalue weighted by Gasteiger charge is -2.02. The second-order valence-electron chi connectivity index (χ2n) is 3.95. The van der Waals surface area contributed by atoms with Gasteiger partial charge in [-0.15, -0.1) is 11.3 Å². The molecule has 0 unspecified atom stereocenters. The van der Waals surface area contributed by atoms with E-state index in [4.69, 9.17) is 5.73 Å². The van der Waals surface area contributed by atoms with E-state index < -0.39 is 0 Å². The van der Waals surface area contributed by atoms with E-state index in [0.29, 0.717) is 5.82 Å². The van der Waals surface area contributed by atoms with E-state index >= 15 is 0 Å². The van der Waals surface area contributed by atoms with Crippen LogP contribution in [0.2, 0.25) is 0 Å². The number of nitrogens with zero attached hydrogens (tertiary/aromatic N) is 2. The van der Waals surface area contributed by atoms with Crippen molar-refractivity contribution in [3.8, 4) is 11.1 Å². The molecule has 4 heteroatoms. The van der Waals surface area contributed by atoms with E-state index in [9.17, 15) is 0 Å². The van der Waals surface area contributed by atoms with Gasteiger partial charge in [-0.05, 0) is 12.5 Å². The van der Waals surface area contributed by atoms with Gasteiger partial charge in [-0.1, -0.05) is 29.8 Å². The van der Waals surface area contributed by atoms with Crippen LogP contribution in [0.1, 0.15) is 5.56 Å². The third-order valence-electron chi connectivity index (χ3n) is 2.76. The molecule has 2 heterocycles. The lowest BCUT2D eigenvalue weighted by Crippen LogP contribution is -1.91. The summed E-state index contributed by atoms with van der Waals surface area (Å²) in [5.41, 5.74) is 9.44. The molecule has 0 radical (unpaired) electrons. The van der Waals surface area contributed by atoms with Gasteiger partial charge < -0.3 is 5.73 Å². The quantitative estimate of drug-likeness (QED) is 0.711. The molecule has 0 saturated carbocycles. The molecule has 0 aliphatic rings. The van der Waals surface area contributed by atoms with Crippen molar-refractivity contribution < 1.29 is 0 Å². The van der Waals surface area contributed by atoms with Crippen molar-refractivity contribution in [2.75, 3.05) is 5.73 Å². The molecule has 1 aromatic carbocycles. The first kappa shape index (κ1) is 10.2. The normalized spacial score (nSPS) is 10.9. The molecule has 0 saturated heterocycles. The largest absolute Gasteiger partial charge is 0.383 e. The predicted octanol–water partition coefficient (Wildman–Crippen LogP) is 3.25. The van der Waals surface area contributed by atoms with Crippen molar-refractivity contribution >= 4 is 27.4 Å². The molecule has 2 N–H and O–H groups in total. The van der Waals surface area contributed by atoms with Gasteiger partial charge in [0.15, 0.2) is 0 Å². The Morgan fingerprint density at radius 1 is 1.12 bits per heavy atom. The van der Waals surface area contributed by atoms with Gasteiger partial charge >= 0.3 is 0 Å². The van der Waals surface area contributed by atoms with Gasteiger partial charge in [0.25, 0.3) is 0 Å². The van der Waals surface area contributed by atoms with Crippen LogP contribution in [0.3, 0.4) is 0 Å². The lowest BCUT2D eigenvalue weighted by molar-refractivity contribution is 1.24. The fraction of sp³-hybridized carbons (Fsp3) is 0.0769. The highest BCUT2D eigenvalue weighted by Gasteiger charge is 2.10. The summed E-state index contributed by atoms with van der Waals surface area (Å²) in [6.45, 7) is 2.08. The van der Waals surface area contributed by atoms with Crippen LogP contribution < -0.4 is 5.73 Å². The zero-order valence-electron chi connectivity index (χ0n) is 9.34. The fourth-order valence-corrected chi connectivity index (χ4v) is 2.77. The maximum atomic E-state index is 5.92. The highest BCUT2D eigenvalue weighted by atomic mass is 32.1. The van der Waals surface area contributed by atoms with Crippen LogP contribution in [0.4, 0.5) is 5.82 Å². The third kappa shape index (κ3) is 1.66. The molecule has 0 atom stereocenters. The highest BCUT2D eigenvalue weighted by Crippen LogP contribution is 2.35. The summed E-state index contributed by atoms with van der Waals surface area (Å²) in [7, 11) is 0. The number of thiophene rings is 1. The zero-order valence-corrected chi connectivity index (χ0v) is 10.2. The summed E-state index contributed by atoms with van der Waals surface area (Å²) < 4.78 is 0. The molecule has 0 fully saturated rings. The molecule has 84 valence electrons. The maximum absolute atomic E-state index is 5.92. The summed E-state index contributed by atoms with van der Waals surface area (Å²) in [6, 6.07) is 8.39. The molecule has 2 aromatic heterocycles. The monoisotopic (exact) mass is 241 g/mol. The highest BCUT2D eigenvalue weighted by molar-refractivity contribution is 7.17. The van der Waals surface area contributed by atoms with Gasteiger partial charge in [-0.25, -0.2) is 9.97 Å². The first-order chi connectivity index (χ1) is 8.25. The number of aryl methyl sites for hydroxylation is 1. The number of hydrogen-bond acceptors (Lipinski definition) is 4. The molecular weight excluding hydrogens is 230 g/mol. The summed E-state index contributed by atoms with van der Waals surface area (Å²) in [5, 5.41) is 3.04. The second kappa shape index (κ2) is 3.82. The molecule has 0 bridgehead atoms. The Hall–Kier alpha value is -1.94. The first-order valence-electron chi connectivity index (χ1n) is 5.30. The van der Waals surface area contributed by atoms with E-state index in [1.54, 1.807) is 11.3 Å². The van der Waals surface area contributed by atoms with E-state index in [0.717, 1.165) is 21.3 Å². The number of hydrogen-bond donors (Lipinski definition) is 1. The van der Waals surface area contributed by atoms with Crippen LogP contribution >= 0.6 is 11.3 Å². The molecule has 3 nitrogen and oxygen atoms in total. The van der Waals surface area contributed by atoms with Gasteiger partial charge in [-0.2, -0.15) is 0 Å². The van der Waals surface area contributed by atoms with Gasteiger partial charge in [0, 0.05) is 10.9 Å². The molecule has 3 rings (SSSR count). The van der Waals surface area contributed by atoms with E-state index in [-0.39, 0.29) is 0 Å². The van der Waals surface area contributed by atoms with Crippen LogP contribution in [0.5, 0.6) is 0 Å². The number of aromatic nitrogens is 2. The minimum absolute atomic E-state index is 0.548. The number of nitrogens with two attached hydrogens (primary N) is 1. The van der Waals surface area contributed by atoms with Gasteiger partial charge in [-0.3, -0.25) is 0 Å². The molecular formula is C13H11N3S. The second-order valence-corrected chi connectivity index (χ2v) is 4.81. The molecule has 0 aliphatic carbocycles. The number of benzene rings is 1. The molecule has 0 aliphatic heterocycles. The molecule has 0 spiro atoms. The standard InChI is InChI=1S/C13H11N3S/c1-8-2-4-9(5-3-8)10-6-17-13-11(10)12(14)15-7-16-13/h2-7H,1H3,(H2,14,15,16). The molecule has 3 aromatic rings. The average Bonchev–Trinajstić information content (AvgIpc) is 2.75. The topological polar surface area (TPSA) is 51.8 Å². The van der Waals surface area contributed by atoms with Crippen LogP contribution in [-0.2, 0) is 0 Å². The maximum Gasteiger partial charge on any atom is 0.136 e. The zero-order chi connectivity index (χ0) is 11.8. The Kier molecular flexibility index (Phi) is 2.30. The Bertz CT molecular complexity index is 671. The summed E-state index contributed by atoms with van der Waals surface area (Å²) in [5.74, 6) is 0.548. The van der Waals surface area contributed by atoms with Crippen LogP contribution in [-0.4, -0.2) is 9.97 Å². The van der Waals surface area contributed by atoms with Crippen LogP contribution in [0, 0.1) is 6.92 Å². The van der Waals surface area contributed by atoms with E-state index in [2.05, 4.69) is 46.5 Å². The van der Waals surface area contributed by atoms with Crippen molar-refractivity contribution in [3.05, 3.63) is 41.5 Å². The Morgan fingerprint density at radius 2 is 1.88 bits per heavy atom. The van der Waals surface area contributed by atoms with Crippen LogP contribution in [0.15, 0.2) is 36.0 Å². The number of fused-ring (bicyclic) bond motifs is 1. The number of nitrogen functional groups attached to an aromatic ring is 1. The fourth-order valence-electron chi connectivity index (χ4n) is 1.84. The van der Waals surface area contributed by atoms with Gasteiger partial charge in [0.2, 0.25) is 0 Å². The molecule has 17 heavy (non-hydrogen) atoms. The van der Waals surface area contributed by atoms with Crippen LogP contribution in [0.25, 0.3) is 21.3 Å². The summed E-state index contributed by atoms with van der Waals surface area (Å²) in [4.78, 5) is 9.23. The first-order valence-corrected chi connectivity index (χ1v) is 6.18. The Morgan fingerprint density at radius 3 is 2.65 bits per heavy atom. The summed E-state index contributed by atoms with van der Waals surface area (Å²) >= 11 is 1.60. The third-order valence-corrected chi connectivity index (χ3v) is 3.65. The lowest BCUT2D eigenvalue weighted by atomic mass is 10.0. The van der Waals surface area contributed by atoms with Gasteiger partial charge in [0.1, 0.15) is 17.0 Å². The van der Waals surface area contributed by atoms with Gasteiger partial charge in [0.05, 0.1) is 5.39 Å². The predicted molar refractivity (Wildman–Crippen MR) is 72.0 cm³/mol. The minimum atomic E-state index is 0.548. The minimum Gasteiger partial charge on any atom is -0.383 e. The average molecular weight is 241 g/mol. The van der Waals surface area contributed by atoms with Crippen molar-refractivity contribution in [3.63, 3.8) is 0 Å². The van der Waals surface area contributed by atoms with Crippen molar-refractivity contribution in [2.24, 2.45) is 0 Å². The van der Waals surface area contributed by atoms with E-state index in [1.165, 1.54) is 11.9 Å². The van der Waals surface area contributed by atoms with E-state index in [1.807, 2.05) is 0 Å². The van der Waals surface area contributed by atoms with Crippen molar-refractivity contribution in [1.29, 1.82) is 0 Å². The Labute approximate surface area is 103 Å². The smallest absolute Gasteiger partial charge is 0.136 e. The Balaban J connectivity index is 2.27. The number of anilines is 1. The van der Waals surface area contributed by atoms with Crippen molar-refractivity contribution in [1.82, 2.24) is 9.97 Å².